The molecule has 1 heterocycles. The summed E-state index contributed by atoms with van der Waals surface area (Å²) in [6, 6.07) is 0. The molecule has 21 heavy (non-hydrogen) atoms. The number of carbonyl (C=O) groups is 1. The van der Waals surface area contributed by atoms with Gasteiger partial charge < -0.3 is 4.74 Å². The highest BCUT2D eigenvalue weighted by Gasteiger charge is 2.46. The predicted molar refractivity (Wildman–Crippen MR) is 79.9 cm³/mol. The Bertz CT molecular complexity index is 450. The summed E-state index contributed by atoms with van der Waals surface area (Å²) in [4.78, 5) is 12.2. The van der Waals surface area contributed by atoms with Gasteiger partial charge in [0.25, 0.3) is 10.2 Å². The normalized spacial score (nSPS) is 23.7. The number of ether oxygens (including phenoxy) is 1. The van der Waals surface area contributed by atoms with Gasteiger partial charge in [-0.25, -0.2) is 0 Å². The van der Waals surface area contributed by atoms with Crippen molar-refractivity contribution in [1.29, 1.82) is 0 Å². The molecule has 0 unspecified atom stereocenters. The zero-order valence-corrected chi connectivity index (χ0v) is 13.6. The van der Waals surface area contributed by atoms with Crippen LogP contribution in [0.4, 0.5) is 0 Å². The van der Waals surface area contributed by atoms with E-state index in [1.165, 1.54) is 4.31 Å². The molecule has 0 aromatic carbocycles. The molecule has 2 rings (SSSR count). The largest absolute Gasteiger partial charge is 0.465 e. The molecule has 0 atom stereocenters. The lowest BCUT2D eigenvalue weighted by atomic mass is 10.00. The van der Waals surface area contributed by atoms with Crippen molar-refractivity contribution in [2.75, 3.05) is 19.7 Å². The second-order valence-electron chi connectivity index (χ2n) is 5.93. The van der Waals surface area contributed by atoms with Crippen LogP contribution < -0.4 is 4.72 Å². The monoisotopic (exact) mass is 318 g/mol. The third kappa shape index (κ3) is 3.96. The maximum absolute atomic E-state index is 12.6. The Balaban J connectivity index is 2.13. The molecule has 0 bridgehead atoms. The van der Waals surface area contributed by atoms with Crippen molar-refractivity contribution in [1.82, 2.24) is 9.03 Å². The number of nitrogens with one attached hydrogen (secondary N) is 1. The number of hydrogen-bond acceptors (Lipinski definition) is 4. The van der Waals surface area contributed by atoms with Gasteiger partial charge in [0.15, 0.2) is 0 Å². The summed E-state index contributed by atoms with van der Waals surface area (Å²) in [7, 11) is -3.63. The fourth-order valence-electron chi connectivity index (χ4n) is 3.19. The first kappa shape index (κ1) is 16.7. The molecule has 1 saturated carbocycles. The Morgan fingerprint density at radius 1 is 1.10 bits per heavy atom. The Hall–Kier alpha value is -0.660. The molecule has 0 aromatic heterocycles. The third-order valence-corrected chi connectivity index (χ3v) is 6.05. The zero-order valence-electron chi connectivity index (χ0n) is 12.8. The van der Waals surface area contributed by atoms with Crippen LogP contribution in [0.25, 0.3) is 0 Å². The van der Waals surface area contributed by atoms with Gasteiger partial charge in [-0.2, -0.15) is 17.4 Å². The van der Waals surface area contributed by atoms with E-state index in [2.05, 4.69) is 4.72 Å². The molecule has 2 fully saturated rings. The van der Waals surface area contributed by atoms with Crippen molar-refractivity contribution in [3.8, 4) is 0 Å². The molecule has 0 radical (unpaired) electrons. The van der Waals surface area contributed by atoms with E-state index >= 15 is 0 Å². The van der Waals surface area contributed by atoms with Crippen LogP contribution in [0.5, 0.6) is 0 Å². The van der Waals surface area contributed by atoms with Gasteiger partial charge in [-0.05, 0) is 32.6 Å². The van der Waals surface area contributed by atoms with Gasteiger partial charge in [0.1, 0.15) is 5.54 Å². The summed E-state index contributed by atoms with van der Waals surface area (Å²) < 4.78 is 34.5. The summed E-state index contributed by atoms with van der Waals surface area (Å²) >= 11 is 0. The van der Waals surface area contributed by atoms with Gasteiger partial charge >= 0.3 is 5.97 Å². The van der Waals surface area contributed by atoms with Crippen LogP contribution in [0, 0.1) is 0 Å². The minimum atomic E-state index is -3.63. The molecular weight excluding hydrogens is 292 g/mol. The van der Waals surface area contributed by atoms with E-state index in [1.54, 1.807) is 6.92 Å². The molecule has 1 N–H and O–H groups in total. The molecule has 1 aliphatic carbocycles. The molecular formula is C14H26N2O4S. The highest BCUT2D eigenvalue weighted by molar-refractivity contribution is 7.87. The highest BCUT2D eigenvalue weighted by Crippen LogP contribution is 2.32. The van der Waals surface area contributed by atoms with Crippen LogP contribution in [0.1, 0.15) is 58.3 Å². The molecule has 0 amide bonds. The third-order valence-electron chi connectivity index (χ3n) is 4.35. The van der Waals surface area contributed by atoms with Gasteiger partial charge in [-0.15, -0.1) is 0 Å². The molecule has 0 spiro atoms. The Morgan fingerprint density at radius 2 is 1.67 bits per heavy atom. The van der Waals surface area contributed by atoms with Crippen LogP contribution in [0.2, 0.25) is 0 Å². The molecule has 6 nitrogen and oxygen atoms in total. The van der Waals surface area contributed by atoms with E-state index in [0.717, 1.165) is 38.5 Å². The van der Waals surface area contributed by atoms with Crippen molar-refractivity contribution in [3.63, 3.8) is 0 Å². The lowest BCUT2D eigenvalue weighted by Gasteiger charge is -2.30. The fraction of sp³-hybridized carbons (Fsp3) is 0.929. The average molecular weight is 318 g/mol. The second-order valence-corrected chi connectivity index (χ2v) is 7.60. The van der Waals surface area contributed by atoms with Gasteiger partial charge in [0, 0.05) is 13.1 Å². The fourth-order valence-corrected chi connectivity index (χ4v) is 4.84. The molecule has 122 valence electrons. The molecule has 7 heteroatoms. The lowest BCUT2D eigenvalue weighted by molar-refractivity contribution is -0.150. The van der Waals surface area contributed by atoms with Crippen LogP contribution in [0.3, 0.4) is 0 Å². The first-order valence-electron chi connectivity index (χ1n) is 7.96. The van der Waals surface area contributed by atoms with Crippen molar-refractivity contribution in [3.05, 3.63) is 0 Å². The van der Waals surface area contributed by atoms with E-state index < -0.39 is 21.7 Å². The number of hydrogen-bond donors (Lipinski definition) is 1. The predicted octanol–water partition coefficient (Wildman–Crippen LogP) is 1.57. The summed E-state index contributed by atoms with van der Waals surface area (Å²) in [6.07, 6.45) is 6.64. The van der Waals surface area contributed by atoms with Crippen molar-refractivity contribution < 1.29 is 17.9 Å². The summed E-state index contributed by atoms with van der Waals surface area (Å²) in [6.45, 7) is 3.08. The van der Waals surface area contributed by atoms with Crippen LogP contribution >= 0.6 is 0 Å². The Morgan fingerprint density at radius 3 is 2.19 bits per heavy atom. The van der Waals surface area contributed by atoms with E-state index in [9.17, 15) is 13.2 Å². The van der Waals surface area contributed by atoms with Gasteiger partial charge in [-0.3, -0.25) is 4.79 Å². The number of carbonyl (C=O) groups excluding carboxylic acids is 1. The maximum atomic E-state index is 12.6. The average Bonchev–Trinajstić information content (AvgIpc) is 2.73. The van der Waals surface area contributed by atoms with Crippen LogP contribution in [-0.4, -0.2) is 43.9 Å². The minimum absolute atomic E-state index is 0.270. The van der Waals surface area contributed by atoms with E-state index in [4.69, 9.17) is 4.74 Å². The zero-order chi connectivity index (χ0) is 15.3. The molecule has 2 aliphatic rings. The molecule has 1 aliphatic heterocycles. The van der Waals surface area contributed by atoms with Crippen molar-refractivity contribution in [2.24, 2.45) is 0 Å². The quantitative estimate of drug-likeness (QED) is 0.781. The van der Waals surface area contributed by atoms with Crippen LogP contribution in [0.15, 0.2) is 0 Å². The van der Waals surface area contributed by atoms with E-state index in [0.29, 0.717) is 25.9 Å². The van der Waals surface area contributed by atoms with Gasteiger partial charge in [-0.1, -0.05) is 25.7 Å². The smallest absolute Gasteiger partial charge is 0.327 e. The van der Waals surface area contributed by atoms with Gasteiger partial charge in [0.2, 0.25) is 0 Å². The summed E-state index contributed by atoms with van der Waals surface area (Å²) in [5.41, 5.74) is -1.05. The van der Waals surface area contributed by atoms with Crippen LogP contribution in [-0.2, 0) is 19.7 Å². The van der Waals surface area contributed by atoms with Crippen molar-refractivity contribution >= 4 is 16.2 Å². The lowest BCUT2D eigenvalue weighted by Crippen LogP contribution is -2.57. The first-order chi connectivity index (χ1) is 10.0. The summed E-state index contributed by atoms with van der Waals surface area (Å²) in [5, 5.41) is 0. The maximum Gasteiger partial charge on any atom is 0.327 e. The highest BCUT2D eigenvalue weighted by atomic mass is 32.2. The van der Waals surface area contributed by atoms with Gasteiger partial charge in [0.05, 0.1) is 6.61 Å². The Labute approximate surface area is 127 Å². The molecule has 0 aromatic rings. The van der Waals surface area contributed by atoms with Crippen molar-refractivity contribution in [2.45, 2.75) is 63.8 Å². The SMILES string of the molecule is CCOC(=O)C1(NS(=O)(=O)N2CCCCCC2)CCCC1. The number of nitrogens with zero attached hydrogens (tertiary/aromatic N) is 1. The Kier molecular flexibility index (Phi) is 5.62. The topological polar surface area (TPSA) is 75.7 Å². The molecule has 1 saturated heterocycles. The summed E-state index contributed by atoms with van der Waals surface area (Å²) in [5.74, 6) is -0.430. The second kappa shape index (κ2) is 7.07. The standard InChI is InChI=1S/C14H26N2O4S/c1-2-20-13(17)14(9-5-6-10-14)15-21(18,19)16-11-7-3-4-8-12-16/h15H,2-12H2,1H3. The number of esters is 1. The van der Waals surface area contributed by atoms with E-state index in [1.807, 2.05) is 0 Å². The van der Waals surface area contributed by atoms with E-state index in [-0.39, 0.29) is 6.61 Å². The number of rotatable bonds is 5. The first-order valence-corrected chi connectivity index (χ1v) is 9.40. The minimum Gasteiger partial charge on any atom is -0.465 e.